The number of methoxy groups -OCH3 is 2. The van der Waals surface area contributed by atoms with Gasteiger partial charge in [-0.05, 0) is 48.7 Å². The molecule has 0 aliphatic carbocycles. The summed E-state index contributed by atoms with van der Waals surface area (Å²) in [6.45, 7) is 6.54. The van der Waals surface area contributed by atoms with Crippen LogP contribution in [0.2, 0.25) is 0 Å². The van der Waals surface area contributed by atoms with Crippen molar-refractivity contribution < 1.29 is 19.1 Å². The van der Waals surface area contributed by atoms with Gasteiger partial charge in [-0.3, -0.25) is 9.59 Å². The molecule has 1 aliphatic heterocycles. The fourth-order valence-corrected chi connectivity index (χ4v) is 4.02. The molecule has 3 rings (SSSR count). The monoisotopic (exact) mass is 464 g/mol. The highest BCUT2D eigenvalue weighted by atomic mass is 16.5. The van der Waals surface area contributed by atoms with E-state index >= 15 is 0 Å². The molecule has 1 unspecified atom stereocenters. The van der Waals surface area contributed by atoms with Gasteiger partial charge in [-0.2, -0.15) is 5.26 Å². The number of benzene rings is 2. The second-order valence-corrected chi connectivity index (χ2v) is 8.62. The van der Waals surface area contributed by atoms with Crippen molar-refractivity contribution in [2.24, 2.45) is 5.92 Å². The van der Waals surface area contributed by atoms with Crippen molar-refractivity contribution in [3.05, 3.63) is 53.6 Å². The minimum atomic E-state index is -0.647. The maximum atomic E-state index is 13.4. The molecule has 2 aromatic rings. The van der Waals surface area contributed by atoms with Gasteiger partial charge in [-0.1, -0.05) is 13.8 Å². The lowest BCUT2D eigenvalue weighted by atomic mass is 10.0. The summed E-state index contributed by atoms with van der Waals surface area (Å²) in [7, 11) is 3.05. The predicted molar refractivity (Wildman–Crippen MR) is 130 cm³/mol. The molecule has 34 heavy (non-hydrogen) atoms. The number of nitriles is 1. The molecular weight excluding hydrogens is 432 g/mol. The molecule has 1 atom stereocenters. The van der Waals surface area contributed by atoms with Crippen LogP contribution in [0.25, 0.3) is 0 Å². The van der Waals surface area contributed by atoms with Gasteiger partial charge in [0, 0.05) is 43.5 Å². The molecule has 0 saturated carbocycles. The number of nitrogens with one attached hydrogen (secondary N) is 1. The van der Waals surface area contributed by atoms with E-state index in [1.807, 2.05) is 30.9 Å². The van der Waals surface area contributed by atoms with Gasteiger partial charge in [0.25, 0.3) is 5.91 Å². The van der Waals surface area contributed by atoms with Gasteiger partial charge in [0.05, 0.1) is 25.9 Å². The number of amides is 2. The van der Waals surface area contributed by atoms with Gasteiger partial charge < -0.3 is 24.6 Å². The Morgan fingerprint density at radius 3 is 2.18 bits per heavy atom. The first-order valence-electron chi connectivity index (χ1n) is 11.4. The number of rotatable bonds is 7. The first-order chi connectivity index (χ1) is 16.4. The number of anilines is 1. The molecule has 1 fully saturated rings. The summed E-state index contributed by atoms with van der Waals surface area (Å²) < 4.78 is 10.5. The van der Waals surface area contributed by atoms with E-state index in [1.54, 1.807) is 30.3 Å². The van der Waals surface area contributed by atoms with E-state index in [0.29, 0.717) is 42.3 Å². The minimum absolute atomic E-state index is 0.0816. The Kier molecular flexibility index (Phi) is 8.36. The summed E-state index contributed by atoms with van der Waals surface area (Å²) in [5, 5.41) is 11.9. The average molecular weight is 465 g/mol. The Balaban J connectivity index is 1.69. The third kappa shape index (κ3) is 5.98. The summed E-state index contributed by atoms with van der Waals surface area (Å²) in [5.41, 5.74) is 2.03. The zero-order valence-electron chi connectivity index (χ0n) is 20.2. The maximum absolute atomic E-state index is 13.4. The molecule has 0 spiro atoms. The molecule has 2 aromatic carbocycles. The lowest BCUT2D eigenvalue weighted by Gasteiger charge is -2.29. The Morgan fingerprint density at radius 1 is 0.971 bits per heavy atom. The van der Waals surface area contributed by atoms with E-state index in [-0.39, 0.29) is 17.7 Å². The van der Waals surface area contributed by atoms with Crippen molar-refractivity contribution >= 4 is 17.5 Å². The summed E-state index contributed by atoms with van der Waals surface area (Å²) in [6.07, 6.45) is 0.817. The maximum Gasteiger partial charge on any atom is 0.252 e. The van der Waals surface area contributed by atoms with E-state index in [2.05, 4.69) is 16.3 Å². The molecule has 1 N–H and O–H groups in total. The fourth-order valence-electron chi connectivity index (χ4n) is 4.02. The molecule has 2 amide bonds. The fraction of sp³-hybridized carbons (Fsp3) is 0.423. The number of hydrogen-bond acceptors (Lipinski definition) is 6. The number of ether oxygens (including phenoxy) is 2. The summed E-state index contributed by atoms with van der Waals surface area (Å²) in [6, 6.07) is 13.9. The van der Waals surface area contributed by atoms with Crippen molar-refractivity contribution in [1.82, 2.24) is 10.2 Å². The van der Waals surface area contributed by atoms with Crippen molar-refractivity contribution in [2.75, 3.05) is 45.3 Å². The molecule has 1 aliphatic rings. The highest BCUT2D eigenvalue weighted by Crippen LogP contribution is 2.23. The highest BCUT2D eigenvalue weighted by molar-refractivity contribution is 5.98. The van der Waals surface area contributed by atoms with Crippen LogP contribution in [0.3, 0.4) is 0 Å². The van der Waals surface area contributed by atoms with Crippen LogP contribution in [0.1, 0.15) is 36.2 Å². The summed E-state index contributed by atoms with van der Waals surface area (Å²) >= 11 is 0. The molecule has 180 valence electrons. The Morgan fingerprint density at radius 2 is 1.62 bits per heavy atom. The molecule has 1 heterocycles. The molecule has 0 bridgehead atoms. The van der Waals surface area contributed by atoms with Crippen LogP contribution in [0.5, 0.6) is 11.5 Å². The van der Waals surface area contributed by atoms with Crippen molar-refractivity contribution in [3.8, 4) is 17.6 Å². The van der Waals surface area contributed by atoms with E-state index < -0.39 is 6.04 Å². The van der Waals surface area contributed by atoms with E-state index in [4.69, 9.17) is 14.7 Å². The molecular formula is C26H32N4O4. The number of carbonyl (C=O) groups excluding carboxylic acids is 2. The lowest BCUT2D eigenvalue weighted by Crippen LogP contribution is -2.52. The van der Waals surface area contributed by atoms with Gasteiger partial charge >= 0.3 is 0 Å². The van der Waals surface area contributed by atoms with Crippen molar-refractivity contribution in [3.63, 3.8) is 0 Å². The van der Waals surface area contributed by atoms with Gasteiger partial charge in [-0.25, -0.2) is 0 Å². The summed E-state index contributed by atoms with van der Waals surface area (Å²) in [4.78, 5) is 30.5. The van der Waals surface area contributed by atoms with Crippen LogP contribution in [0.15, 0.2) is 42.5 Å². The van der Waals surface area contributed by atoms with Crippen LogP contribution in [0, 0.1) is 17.2 Å². The number of nitrogens with zero attached hydrogens (tertiary/aromatic N) is 3. The Hall–Kier alpha value is -3.73. The molecule has 0 radical (unpaired) electrons. The third-order valence-electron chi connectivity index (χ3n) is 6.00. The first kappa shape index (κ1) is 24.9. The van der Waals surface area contributed by atoms with E-state index in [1.165, 1.54) is 14.2 Å². The van der Waals surface area contributed by atoms with Gasteiger partial charge in [-0.15, -0.1) is 0 Å². The quantitative estimate of drug-likeness (QED) is 0.677. The SMILES string of the molecule is COc1cc(OC)cc(C(=O)NC(C(=O)N2CCCN(c3ccc(C#N)cc3)CC2)C(C)C)c1. The van der Waals surface area contributed by atoms with Crippen LogP contribution in [-0.2, 0) is 4.79 Å². The molecule has 1 saturated heterocycles. The minimum Gasteiger partial charge on any atom is -0.497 e. The number of carbonyl (C=O) groups is 2. The molecule has 8 heteroatoms. The van der Waals surface area contributed by atoms with Crippen LogP contribution in [-0.4, -0.2) is 63.2 Å². The standard InChI is InChI=1S/C26H32N4O4/c1-18(2)24(28-25(31)20-14-22(33-3)16-23(15-20)34-4)26(32)30-11-5-10-29(12-13-30)21-8-6-19(17-27)7-9-21/h6-9,14-16,18,24H,5,10-13H2,1-4H3,(H,28,31). The van der Waals surface area contributed by atoms with Crippen LogP contribution >= 0.6 is 0 Å². The smallest absolute Gasteiger partial charge is 0.252 e. The van der Waals surface area contributed by atoms with Crippen LogP contribution < -0.4 is 19.7 Å². The van der Waals surface area contributed by atoms with Gasteiger partial charge in [0.15, 0.2) is 0 Å². The average Bonchev–Trinajstić information content (AvgIpc) is 3.12. The largest absolute Gasteiger partial charge is 0.497 e. The second kappa shape index (κ2) is 11.4. The van der Waals surface area contributed by atoms with Crippen molar-refractivity contribution in [1.29, 1.82) is 5.26 Å². The second-order valence-electron chi connectivity index (χ2n) is 8.62. The molecule has 0 aromatic heterocycles. The zero-order chi connectivity index (χ0) is 24.7. The van der Waals surface area contributed by atoms with Crippen LogP contribution in [0.4, 0.5) is 5.69 Å². The summed E-state index contributed by atoms with van der Waals surface area (Å²) in [5.74, 6) is 0.500. The van der Waals surface area contributed by atoms with E-state index in [0.717, 1.165) is 18.7 Å². The lowest BCUT2D eigenvalue weighted by molar-refractivity contribution is -0.134. The first-order valence-corrected chi connectivity index (χ1v) is 11.4. The third-order valence-corrected chi connectivity index (χ3v) is 6.00. The Bertz CT molecular complexity index is 1020. The Labute approximate surface area is 201 Å². The highest BCUT2D eigenvalue weighted by Gasteiger charge is 2.30. The number of hydrogen-bond donors (Lipinski definition) is 1. The topological polar surface area (TPSA) is 94.9 Å². The zero-order valence-corrected chi connectivity index (χ0v) is 20.2. The van der Waals surface area contributed by atoms with Gasteiger partial charge in [0.1, 0.15) is 17.5 Å². The van der Waals surface area contributed by atoms with Crippen molar-refractivity contribution in [2.45, 2.75) is 26.3 Å². The molecule has 8 nitrogen and oxygen atoms in total. The van der Waals surface area contributed by atoms with Gasteiger partial charge in [0.2, 0.25) is 5.91 Å². The van der Waals surface area contributed by atoms with E-state index in [9.17, 15) is 9.59 Å². The normalized spacial score (nSPS) is 14.7. The predicted octanol–water partition coefficient (Wildman–Crippen LogP) is 3.07.